The highest BCUT2D eigenvalue weighted by Gasteiger charge is 2.14. The maximum absolute atomic E-state index is 13.2. The van der Waals surface area contributed by atoms with Gasteiger partial charge in [0, 0.05) is 12.3 Å². The number of nitrogens with zero attached hydrogens (tertiary/aromatic N) is 2. The van der Waals surface area contributed by atoms with Crippen LogP contribution in [-0.2, 0) is 4.79 Å². The average molecular weight is 358 g/mol. The largest absolute Gasteiger partial charge is 0.328 e. The van der Waals surface area contributed by atoms with Crippen molar-refractivity contribution in [1.29, 1.82) is 0 Å². The highest BCUT2D eigenvalue weighted by molar-refractivity contribution is 9.10. The molecule has 2 unspecified atom stereocenters. The fraction of sp³-hybridized carbons (Fsp3) is 0.286. The van der Waals surface area contributed by atoms with E-state index in [4.69, 9.17) is 0 Å². The number of anilines is 1. The van der Waals surface area contributed by atoms with Crippen LogP contribution in [0.3, 0.4) is 0 Å². The van der Waals surface area contributed by atoms with Gasteiger partial charge in [-0.2, -0.15) is 0 Å². The number of benzene rings is 1. The first-order chi connectivity index (χ1) is 9.86. The van der Waals surface area contributed by atoms with Crippen LogP contribution in [-0.4, -0.2) is 20.3 Å². The van der Waals surface area contributed by atoms with Gasteiger partial charge in [0.05, 0.1) is 17.2 Å². The standard InChI is InChI=1S/C14H14BrF2N3O/c1-8(15)14(21)19-13-6-20(7-18-13)9(2)10-3-11(16)5-12(17)4-10/h3-9H,1-2H3,(H,19,21). The zero-order valence-corrected chi connectivity index (χ0v) is 13.1. The van der Waals surface area contributed by atoms with Crippen LogP contribution in [0.5, 0.6) is 0 Å². The van der Waals surface area contributed by atoms with Gasteiger partial charge in [-0.25, -0.2) is 13.8 Å². The molecule has 7 heteroatoms. The molecule has 1 aromatic carbocycles. The summed E-state index contributed by atoms with van der Waals surface area (Å²) in [7, 11) is 0. The summed E-state index contributed by atoms with van der Waals surface area (Å²) < 4.78 is 28.2. The minimum absolute atomic E-state index is 0.218. The van der Waals surface area contributed by atoms with Crippen molar-refractivity contribution in [3.8, 4) is 0 Å². The Bertz CT molecular complexity index is 637. The topological polar surface area (TPSA) is 46.9 Å². The summed E-state index contributed by atoms with van der Waals surface area (Å²) >= 11 is 3.16. The molecule has 0 aliphatic heterocycles. The second-order valence-corrected chi connectivity index (χ2v) is 6.06. The van der Waals surface area contributed by atoms with Gasteiger partial charge in [-0.3, -0.25) is 4.79 Å². The third-order valence-electron chi connectivity index (χ3n) is 3.03. The monoisotopic (exact) mass is 357 g/mol. The first kappa shape index (κ1) is 15.6. The predicted molar refractivity (Wildman–Crippen MR) is 79.4 cm³/mol. The molecule has 1 aromatic heterocycles. The van der Waals surface area contributed by atoms with Crippen molar-refractivity contribution < 1.29 is 13.6 Å². The van der Waals surface area contributed by atoms with Gasteiger partial charge in [-0.05, 0) is 31.5 Å². The lowest BCUT2D eigenvalue weighted by molar-refractivity contribution is -0.115. The van der Waals surface area contributed by atoms with E-state index in [1.54, 1.807) is 24.6 Å². The van der Waals surface area contributed by atoms with Gasteiger partial charge in [-0.15, -0.1) is 0 Å². The number of rotatable bonds is 4. The summed E-state index contributed by atoms with van der Waals surface area (Å²) in [5.41, 5.74) is 0.483. The predicted octanol–water partition coefficient (Wildman–Crippen LogP) is 3.49. The lowest BCUT2D eigenvalue weighted by atomic mass is 10.1. The van der Waals surface area contributed by atoms with Crippen LogP contribution in [0.2, 0.25) is 0 Å². The number of hydrogen-bond donors (Lipinski definition) is 1. The molecule has 0 radical (unpaired) electrons. The fourth-order valence-corrected chi connectivity index (χ4v) is 1.94. The molecule has 0 spiro atoms. The van der Waals surface area contributed by atoms with E-state index >= 15 is 0 Å². The van der Waals surface area contributed by atoms with Crippen LogP contribution in [0.15, 0.2) is 30.7 Å². The zero-order chi connectivity index (χ0) is 15.6. The summed E-state index contributed by atoms with van der Waals surface area (Å²) in [4.78, 5) is 15.3. The first-order valence-electron chi connectivity index (χ1n) is 6.31. The van der Waals surface area contributed by atoms with Crippen LogP contribution in [0, 0.1) is 11.6 Å². The van der Waals surface area contributed by atoms with Crippen molar-refractivity contribution in [1.82, 2.24) is 9.55 Å². The van der Waals surface area contributed by atoms with Gasteiger partial charge in [0.2, 0.25) is 5.91 Å². The molecule has 2 atom stereocenters. The highest BCUT2D eigenvalue weighted by atomic mass is 79.9. The van der Waals surface area contributed by atoms with Crippen molar-refractivity contribution in [2.24, 2.45) is 0 Å². The Kier molecular flexibility index (Phi) is 4.72. The van der Waals surface area contributed by atoms with E-state index in [0.29, 0.717) is 11.4 Å². The molecule has 0 aliphatic rings. The molecule has 2 rings (SSSR count). The minimum Gasteiger partial charge on any atom is -0.328 e. The molecule has 0 saturated heterocycles. The van der Waals surface area contributed by atoms with Gasteiger partial charge in [-0.1, -0.05) is 15.9 Å². The van der Waals surface area contributed by atoms with E-state index in [1.807, 2.05) is 0 Å². The Labute approximate surface area is 129 Å². The molecular formula is C14H14BrF2N3O. The number of aromatic nitrogens is 2. The van der Waals surface area contributed by atoms with Crippen molar-refractivity contribution in [2.75, 3.05) is 5.32 Å². The third-order valence-corrected chi connectivity index (χ3v) is 3.44. The summed E-state index contributed by atoms with van der Waals surface area (Å²) in [6.45, 7) is 3.49. The maximum Gasteiger partial charge on any atom is 0.239 e. The molecule has 1 amide bonds. The molecule has 0 aliphatic carbocycles. The first-order valence-corrected chi connectivity index (χ1v) is 7.23. The maximum atomic E-state index is 13.2. The quantitative estimate of drug-likeness (QED) is 0.851. The van der Waals surface area contributed by atoms with Gasteiger partial charge >= 0.3 is 0 Å². The Morgan fingerprint density at radius 2 is 1.90 bits per heavy atom. The molecule has 4 nitrogen and oxygen atoms in total. The lowest BCUT2D eigenvalue weighted by Gasteiger charge is -2.13. The van der Waals surface area contributed by atoms with Gasteiger partial charge in [0.15, 0.2) is 5.82 Å². The molecule has 1 heterocycles. The number of nitrogens with one attached hydrogen (secondary N) is 1. The molecule has 21 heavy (non-hydrogen) atoms. The molecule has 2 aromatic rings. The van der Waals surface area contributed by atoms with E-state index in [9.17, 15) is 13.6 Å². The van der Waals surface area contributed by atoms with Crippen LogP contribution < -0.4 is 5.32 Å². The van der Waals surface area contributed by atoms with E-state index in [1.165, 1.54) is 18.5 Å². The summed E-state index contributed by atoms with van der Waals surface area (Å²) in [5.74, 6) is -1.09. The second kappa shape index (κ2) is 6.34. The van der Waals surface area contributed by atoms with Crippen LogP contribution in [0.4, 0.5) is 14.6 Å². The Morgan fingerprint density at radius 1 is 1.29 bits per heavy atom. The van der Waals surface area contributed by atoms with Gasteiger partial charge in [0.25, 0.3) is 0 Å². The SMILES string of the molecule is CC(Br)C(=O)Nc1cn(C(C)c2cc(F)cc(F)c2)cn1. The third kappa shape index (κ3) is 3.87. The summed E-state index contributed by atoms with van der Waals surface area (Å²) in [5, 5.41) is 2.62. The Morgan fingerprint density at radius 3 is 2.48 bits per heavy atom. The summed E-state index contributed by atoms with van der Waals surface area (Å²) in [6.07, 6.45) is 3.11. The normalized spacial score (nSPS) is 13.8. The van der Waals surface area contributed by atoms with E-state index < -0.39 is 11.6 Å². The van der Waals surface area contributed by atoms with Gasteiger partial charge < -0.3 is 9.88 Å². The molecular weight excluding hydrogens is 344 g/mol. The Balaban J connectivity index is 2.18. The minimum atomic E-state index is -0.626. The highest BCUT2D eigenvalue weighted by Crippen LogP contribution is 2.21. The Hall–Kier alpha value is -1.76. The van der Waals surface area contributed by atoms with Crippen LogP contribution in [0.25, 0.3) is 0 Å². The number of amides is 1. The molecule has 0 fully saturated rings. The van der Waals surface area contributed by atoms with Crippen molar-refractivity contribution >= 4 is 27.7 Å². The van der Waals surface area contributed by atoms with Crippen LogP contribution in [0.1, 0.15) is 25.5 Å². The van der Waals surface area contributed by atoms with Gasteiger partial charge in [0.1, 0.15) is 11.6 Å². The molecule has 0 saturated carbocycles. The van der Waals surface area contributed by atoms with Crippen LogP contribution >= 0.6 is 15.9 Å². The van der Waals surface area contributed by atoms with E-state index in [0.717, 1.165) is 6.07 Å². The molecule has 0 bridgehead atoms. The summed E-state index contributed by atoms with van der Waals surface area (Å²) in [6, 6.07) is 3.06. The number of hydrogen-bond acceptors (Lipinski definition) is 2. The van der Waals surface area contributed by atoms with E-state index in [-0.39, 0.29) is 16.8 Å². The lowest BCUT2D eigenvalue weighted by Crippen LogP contribution is -2.20. The zero-order valence-electron chi connectivity index (χ0n) is 11.5. The van der Waals surface area contributed by atoms with E-state index in [2.05, 4.69) is 26.2 Å². The second-order valence-electron chi connectivity index (χ2n) is 4.69. The molecule has 1 N–H and O–H groups in total. The fourth-order valence-electron chi connectivity index (χ4n) is 1.83. The number of carbonyl (C=O) groups excluding carboxylic acids is 1. The average Bonchev–Trinajstić information content (AvgIpc) is 2.85. The number of alkyl halides is 1. The number of imidazole rings is 1. The van der Waals surface area contributed by atoms with Crippen molar-refractivity contribution in [2.45, 2.75) is 24.7 Å². The number of halogens is 3. The smallest absolute Gasteiger partial charge is 0.239 e. The number of carbonyl (C=O) groups is 1. The van der Waals surface area contributed by atoms with Crippen molar-refractivity contribution in [3.05, 3.63) is 47.9 Å². The van der Waals surface area contributed by atoms with Crippen molar-refractivity contribution in [3.63, 3.8) is 0 Å². The molecule has 112 valence electrons.